The zero-order valence-corrected chi connectivity index (χ0v) is 11.8. The quantitative estimate of drug-likeness (QED) is 0.817. The highest BCUT2D eigenvalue weighted by Gasteiger charge is 2.41. The van der Waals surface area contributed by atoms with E-state index in [2.05, 4.69) is 0 Å². The summed E-state index contributed by atoms with van der Waals surface area (Å²) in [6.45, 7) is 0.924. The maximum atomic E-state index is 13.7. The third-order valence-electron chi connectivity index (χ3n) is 3.08. The van der Waals surface area contributed by atoms with Gasteiger partial charge in [-0.1, -0.05) is 6.92 Å². The molecular weight excluding hydrogens is 306 g/mol. The average molecular weight is 318 g/mol. The van der Waals surface area contributed by atoms with Crippen molar-refractivity contribution in [3.63, 3.8) is 0 Å². The van der Waals surface area contributed by atoms with Gasteiger partial charge in [0, 0.05) is 0 Å². The number of carbonyl (C=O) groups excluding carboxylic acids is 2. The summed E-state index contributed by atoms with van der Waals surface area (Å²) < 4.78 is 52.3. The molecule has 0 bridgehead atoms. The minimum Gasteiger partial charge on any atom is -0.294 e. The number of nitrogens with zero attached hydrogens (tertiary/aromatic N) is 1. The highest BCUT2D eigenvalue weighted by atomic mass is 32.2. The Labute approximate surface area is 119 Å². The van der Waals surface area contributed by atoms with Gasteiger partial charge in [-0.2, -0.15) is 4.31 Å². The zero-order chi connectivity index (χ0) is 15.8. The molecule has 1 fully saturated rings. The van der Waals surface area contributed by atoms with Gasteiger partial charge >= 0.3 is 0 Å². The second-order valence-corrected chi connectivity index (χ2v) is 6.32. The van der Waals surface area contributed by atoms with E-state index < -0.39 is 51.0 Å². The molecule has 1 unspecified atom stereocenters. The molecule has 6 nitrogen and oxygen atoms in total. The van der Waals surface area contributed by atoms with Gasteiger partial charge < -0.3 is 0 Å². The number of imide groups is 1. The zero-order valence-electron chi connectivity index (χ0n) is 11.0. The Hall–Kier alpha value is -1.87. The summed E-state index contributed by atoms with van der Waals surface area (Å²) in [6.07, 6.45) is 0.0925. The lowest BCUT2D eigenvalue weighted by Crippen LogP contribution is -2.59. The van der Waals surface area contributed by atoms with Crippen molar-refractivity contribution in [2.45, 2.75) is 24.3 Å². The smallest absolute Gasteiger partial charge is 0.247 e. The number of rotatable bonds is 3. The molecule has 0 aliphatic carbocycles. The standard InChI is InChI=1S/C12H12F2N2O4S/c1-2-9-12(18)15-11(17)6-16(9)21(19,20)10-5-7(13)3-4-8(10)14/h3-5,9H,2,6H2,1H3,(H,15,17,18). The van der Waals surface area contributed by atoms with Crippen LogP contribution in [-0.4, -0.2) is 37.1 Å². The first kappa shape index (κ1) is 15.5. The van der Waals surface area contributed by atoms with Gasteiger partial charge in [-0.25, -0.2) is 17.2 Å². The van der Waals surface area contributed by atoms with Crippen molar-refractivity contribution in [3.8, 4) is 0 Å². The van der Waals surface area contributed by atoms with Crippen LogP contribution in [0.15, 0.2) is 23.1 Å². The van der Waals surface area contributed by atoms with Gasteiger partial charge in [0.05, 0.1) is 6.54 Å². The molecule has 1 heterocycles. The lowest BCUT2D eigenvalue weighted by Gasteiger charge is -2.32. The molecule has 0 saturated carbocycles. The van der Waals surface area contributed by atoms with E-state index in [0.29, 0.717) is 16.4 Å². The topological polar surface area (TPSA) is 83.6 Å². The van der Waals surface area contributed by atoms with Crippen molar-refractivity contribution in [1.82, 2.24) is 9.62 Å². The average Bonchev–Trinajstić information content (AvgIpc) is 2.40. The van der Waals surface area contributed by atoms with Crippen LogP contribution in [0.3, 0.4) is 0 Å². The molecule has 21 heavy (non-hydrogen) atoms. The maximum Gasteiger partial charge on any atom is 0.247 e. The number of halogens is 2. The third-order valence-corrected chi connectivity index (χ3v) is 4.95. The van der Waals surface area contributed by atoms with E-state index in [9.17, 15) is 26.8 Å². The summed E-state index contributed by atoms with van der Waals surface area (Å²) in [7, 11) is -4.51. The van der Waals surface area contributed by atoms with Gasteiger partial charge in [0.15, 0.2) is 0 Å². The number of hydrogen-bond donors (Lipinski definition) is 1. The Morgan fingerprint density at radius 3 is 2.62 bits per heavy atom. The van der Waals surface area contributed by atoms with E-state index in [1.54, 1.807) is 6.92 Å². The molecule has 9 heteroatoms. The molecular formula is C12H12F2N2O4S. The number of amides is 2. The van der Waals surface area contributed by atoms with Gasteiger partial charge in [-0.15, -0.1) is 0 Å². The maximum absolute atomic E-state index is 13.7. The van der Waals surface area contributed by atoms with E-state index in [1.807, 2.05) is 5.32 Å². The van der Waals surface area contributed by atoms with Crippen molar-refractivity contribution < 1.29 is 26.8 Å². The van der Waals surface area contributed by atoms with Crippen molar-refractivity contribution in [1.29, 1.82) is 0 Å². The number of hydrogen-bond acceptors (Lipinski definition) is 4. The molecule has 1 saturated heterocycles. The molecule has 114 valence electrons. The number of carbonyl (C=O) groups is 2. The number of piperazine rings is 1. The number of benzene rings is 1. The molecule has 1 atom stereocenters. The summed E-state index contributed by atoms with van der Waals surface area (Å²) in [5.74, 6) is -3.68. The second kappa shape index (κ2) is 5.49. The van der Waals surface area contributed by atoms with E-state index >= 15 is 0 Å². The Morgan fingerprint density at radius 2 is 2.00 bits per heavy atom. The SMILES string of the molecule is CCC1C(=O)NC(=O)CN1S(=O)(=O)c1cc(F)ccc1F. The number of sulfonamides is 1. The molecule has 1 aliphatic rings. The molecule has 0 spiro atoms. The van der Waals surface area contributed by atoms with Crippen molar-refractivity contribution >= 4 is 21.8 Å². The summed E-state index contributed by atoms with van der Waals surface area (Å²) in [5.41, 5.74) is 0. The van der Waals surface area contributed by atoms with Crippen LogP contribution in [0.2, 0.25) is 0 Å². The summed E-state index contributed by atoms with van der Waals surface area (Å²) >= 11 is 0. The van der Waals surface area contributed by atoms with Gasteiger partial charge in [0.2, 0.25) is 21.8 Å². The Balaban J connectivity index is 2.53. The first-order chi connectivity index (χ1) is 9.77. The van der Waals surface area contributed by atoms with Gasteiger partial charge in [0.25, 0.3) is 0 Å². The predicted octanol–water partition coefficient (Wildman–Crippen LogP) is 0.390. The fraction of sp³-hybridized carbons (Fsp3) is 0.333. The summed E-state index contributed by atoms with van der Waals surface area (Å²) in [5, 5.41) is 2.01. The van der Waals surface area contributed by atoms with Crippen molar-refractivity contribution in [2.75, 3.05) is 6.54 Å². The van der Waals surface area contributed by atoms with Crippen LogP contribution in [0.4, 0.5) is 8.78 Å². The van der Waals surface area contributed by atoms with Gasteiger partial charge in [-0.05, 0) is 24.6 Å². The van der Waals surface area contributed by atoms with E-state index in [-0.39, 0.29) is 6.42 Å². The van der Waals surface area contributed by atoms with E-state index in [1.165, 1.54) is 0 Å². The lowest BCUT2D eigenvalue weighted by molar-refractivity contribution is -0.137. The first-order valence-corrected chi connectivity index (χ1v) is 7.52. The molecule has 1 N–H and O–H groups in total. The molecule has 0 radical (unpaired) electrons. The highest BCUT2D eigenvalue weighted by Crippen LogP contribution is 2.24. The predicted molar refractivity (Wildman–Crippen MR) is 67.5 cm³/mol. The Bertz CT molecular complexity index is 705. The normalized spacial score (nSPS) is 20.4. The second-order valence-electron chi connectivity index (χ2n) is 4.46. The van der Waals surface area contributed by atoms with Gasteiger partial charge in [-0.3, -0.25) is 14.9 Å². The fourth-order valence-electron chi connectivity index (χ4n) is 2.09. The van der Waals surface area contributed by atoms with Crippen LogP contribution < -0.4 is 5.32 Å². The minimum absolute atomic E-state index is 0.0925. The van der Waals surface area contributed by atoms with Crippen LogP contribution >= 0.6 is 0 Å². The minimum atomic E-state index is -4.51. The Kier molecular flexibility index (Phi) is 4.06. The monoisotopic (exact) mass is 318 g/mol. The van der Waals surface area contributed by atoms with Crippen LogP contribution in [0, 0.1) is 11.6 Å². The lowest BCUT2D eigenvalue weighted by atomic mass is 10.2. The van der Waals surface area contributed by atoms with Crippen LogP contribution in [-0.2, 0) is 19.6 Å². The molecule has 1 aromatic carbocycles. The van der Waals surface area contributed by atoms with Crippen LogP contribution in [0.5, 0.6) is 0 Å². The molecule has 2 amide bonds. The van der Waals surface area contributed by atoms with E-state index in [0.717, 1.165) is 6.07 Å². The summed E-state index contributed by atoms with van der Waals surface area (Å²) in [4.78, 5) is 22.1. The van der Waals surface area contributed by atoms with Gasteiger partial charge in [0.1, 0.15) is 22.6 Å². The fourth-order valence-corrected chi connectivity index (χ4v) is 3.78. The Morgan fingerprint density at radius 1 is 1.33 bits per heavy atom. The number of nitrogens with one attached hydrogen (secondary N) is 1. The third kappa shape index (κ3) is 2.79. The van der Waals surface area contributed by atoms with Crippen molar-refractivity contribution in [3.05, 3.63) is 29.8 Å². The van der Waals surface area contributed by atoms with Crippen LogP contribution in [0.1, 0.15) is 13.3 Å². The highest BCUT2D eigenvalue weighted by molar-refractivity contribution is 7.89. The molecule has 0 aromatic heterocycles. The summed E-state index contributed by atoms with van der Waals surface area (Å²) in [6, 6.07) is 0.832. The molecule has 2 rings (SSSR count). The van der Waals surface area contributed by atoms with Crippen LogP contribution in [0.25, 0.3) is 0 Å². The van der Waals surface area contributed by atoms with Crippen molar-refractivity contribution in [2.24, 2.45) is 0 Å². The first-order valence-electron chi connectivity index (χ1n) is 6.08. The largest absolute Gasteiger partial charge is 0.294 e. The molecule has 1 aliphatic heterocycles. The molecule has 1 aromatic rings. The van der Waals surface area contributed by atoms with E-state index in [4.69, 9.17) is 0 Å².